The van der Waals surface area contributed by atoms with Crippen molar-refractivity contribution in [3.8, 4) is 11.8 Å². The normalized spacial score (nSPS) is 10.3. The highest BCUT2D eigenvalue weighted by atomic mass is 19.1. The van der Waals surface area contributed by atoms with Crippen molar-refractivity contribution < 1.29 is 9.18 Å². The number of hydrogen-bond acceptors (Lipinski definition) is 3. The van der Waals surface area contributed by atoms with Crippen LogP contribution in [-0.2, 0) is 6.54 Å². The molecular weight excluding hydrogens is 319 g/mol. The summed E-state index contributed by atoms with van der Waals surface area (Å²) in [6.45, 7) is 0.368. The number of nitrogens with zero attached hydrogens (tertiary/aromatic N) is 4. The molecule has 1 aromatic heterocycles. The quantitative estimate of drug-likeness (QED) is 0.736. The maximum absolute atomic E-state index is 14.3. The molecule has 0 N–H and O–H groups in total. The zero-order valence-electron chi connectivity index (χ0n) is 13.6. The Morgan fingerprint density at radius 3 is 2.64 bits per heavy atom. The SMILES string of the molecule is CN(Cc1ccc(C#N)cc1)C(=O)c1ccc(-n2cccn2)c(F)c1. The summed E-state index contributed by atoms with van der Waals surface area (Å²) in [5, 5.41) is 12.8. The predicted molar refractivity (Wildman–Crippen MR) is 90.5 cm³/mol. The van der Waals surface area contributed by atoms with Gasteiger partial charge in [0, 0.05) is 31.5 Å². The molecule has 1 heterocycles. The fourth-order valence-corrected chi connectivity index (χ4v) is 2.49. The number of carbonyl (C=O) groups excluding carboxylic acids is 1. The molecule has 0 radical (unpaired) electrons. The molecule has 0 atom stereocenters. The Hall–Kier alpha value is -3.46. The van der Waals surface area contributed by atoms with Gasteiger partial charge in [-0.25, -0.2) is 9.07 Å². The highest BCUT2D eigenvalue weighted by molar-refractivity contribution is 5.94. The van der Waals surface area contributed by atoms with E-state index in [9.17, 15) is 9.18 Å². The Bertz CT molecular complexity index is 927. The van der Waals surface area contributed by atoms with Crippen molar-refractivity contribution in [3.05, 3.63) is 83.4 Å². The lowest BCUT2D eigenvalue weighted by molar-refractivity contribution is 0.0784. The summed E-state index contributed by atoms with van der Waals surface area (Å²) in [6.07, 6.45) is 3.20. The number of benzene rings is 2. The van der Waals surface area contributed by atoms with Gasteiger partial charge >= 0.3 is 0 Å². The smallest absolute Gasteiger partial charge is 0.254 e. The molecule has 3 rings (SSSR count). The van der Waals surface area contributed by atoms with Crippen molar-refractivity contribution in [2.24, 2.45) is 0 Å². The molecule has 2 aromatic carbocycles. The molecule has 124 valence electrons. The van der Waals surface area contributed by atoms with Gasteiger partial charge in [0.1, 0.15) is 11.5 Å². The van der Waals surface area contributed by atoms with Gasteiger partial charge in [0.2, 0.25) is 0 Å². The summed E-state index contributed by atoms with van der Waals surface area (Å²) < 4.78 is 15.7. The van der Waals surface area contributed by atoms with E-state index in [1.807, 2.05) is 6.07 Å². The molecule has 0 aliphatic carbocycles. The van der Waals surface area contributed by atoms with Gasteiger partial charge < -0.3 is 4.90 Å². The van der Waals surface area contributed by atoms with Crippen LogP contribution in [0.4, 0.5) is 4.39 Å². The van der Waals surface area contributed by atoms with Gasteiger partial charge in [0.25, 0.3) is 5.91 Å². The third kappa shape index (κ3) is 3.56. The van der Waals surface area contributed by atoms with Crippen LogP contribution in [-0.4, -0.2) is 27.6 Å². The van der Waals surface area contributed by atoms with E-state index in [1.54, 1.807) is 55.8 Å². The van der Waals surface area contributed by atoms with Crippen LogP contribution in [0.2, 0.25) is 0 Å². The van der Waals surface area contributed by atoms with E-state index in [1.165, 1.54) is 21.7 Å². The molecule has 6 heteroatoms. The van der Waals surface area contributed by atoms with Crippen molar-refractivity contribution in [3.63, 3.8) is 0 Å². The molecule has 0 aliphatic rings. The van der Waals surface area contributed by atoms with Crippen molar-refractivity contribution in [1.29, 1.82) is 5.26 Å². The van der Waals surface area contributed by atoms with Crippen LogP contribution in [0.15, 0.2) is 60.9 Å². The number of rotatable bonds is 4. The summed E-state index contributed by atoms with van der Waals surface area (Å²) in [6, 6.07) is 15.1. The number of amides is 1. The minimum Gasteiger partial charge on any atom is -0.337 e. The van der Waals surface area contributed by atoms with E-state index < -0.39 is 5.82 Å². The van der Waals surface area contributed by atoms with E-state index in [2.05, 4.69) is 5.10 Å². The number of hydrogen-bond donors (Lipinski definition) is 0. The Kier molecular flexibility index (Phi) is 4.57. The average Bonchev–Trinajstić information content (AvgIpc) is 3.16. The van der Waals surface area contributed by atoms with Gasteiger partial charge in [0.05, 0.1) is 11.6 Å². The van der Waals surface area contributed by atoms with Gasteiger partial charge in [-0.15, -0.1) is 0 Å². The number of aromatic nitrogens is 2. The zero-order chi connectivity index (χ0) is 17.8. The molecule has 3 aromatic rings. The largest absolute Gasteiger partial charge is 0.337 e. The highest BCUT2D eigenvalue weighted by Gasteiger charge is 2.15. The van der Waals surface area contributed by atoms with Crippen LogP contribution in [0, 0.1) is 17.1 Å². The van der Waals surface area contributed by atoms with Gasteiger partial charge in [-0.3, -0.25) is 4.79 Å². The highest BCUT2D eigenvalue weighted by Crippen LogP contribution is 2.16. The van der Waals surface area contributed by atoms with Gasteiger partial charge in [-0.2, -0.15) is 10.4 Å². The van der Waals surface area contributed by atoms with Gasteiger partial charge in [-0.05, 0) is 42.0 Å². The minimum atomic E-state index is -0.513. The number of carbonyl (C=O) groups is 1. The van der Waals surface area contributed by atoms with E-state index in [0.717, 1.165) is 5.56 Å². The average molecular weight is 334 g/mol. The lowest BCUT2D eigenvalue weighted by Crippen LogP contribution is -2.26. The second-order valence-electron chi connectivity index (χ2n) is 5.59. The topological polar surface area (TPSA) is 61.9 Å². The van der Waals surface area contributed by atoms with Crippen LogP contribution in [0.1, 0.15) is 21.5 Å². The maximum Gasteiger partial charge on any atom is 0.254 e. The van der Waals surface area contributed by atoms with Crippen molar-refractivity contribution in [2.45, 2.75) is 6.54 Å². The lowest BCUT2D eigenvalue weighted by atomic mass is 10.1. The molecule has 0 aliphatic heterocycles. The summed E-state index contributed by atoms with van der Waals surface area (Å²) in [5.41, 5.74) is 2.01. The second kappa shape index (κ2) is 6.97. The van der Waals surface area contributed by atoms with Crippen molar-refractivity contribution in [1.82, 2.24) is 14.7 Å². The van der Waals surface area contributed by atoms with E-state index in [-0.39, 0.29) is 17.2 Å². The summed E-state index contributed by atoms with van der Waals surface area (Å²) >= 11 is 0. The van der Waals surface area contributed by atoms with Gasteiger partial charge in [-0.1, -0.05) is 12.1 Å². The zero-order valence-corrected chi connectivity index (χ0v) is 13.6. The van der Waals surface area contributed by atoms with Crippen LogP contribution in [0.25, 0.3) is 5.69 Å². The number of nitriles is 1. The maximum atomic E-state index is 14.3. The van der Waals surface area contributed by atoms with Crippen LogP contribution in [0.3, 0.4) is 0 Å². The first-order chi connectivity index (χ1) is 12.1. The third-order valence-corrected chi connectivity index (χ3v) is 3.80. The molecule has 0 bridgehead atoms. The van der Waals surface area contributed by atoms with Gasteiger partial charge in [0.15, 0.2) is 0 Å². The first kappa shape index (κ1) is 16.4. The van der Waals surface area contributed by atoms with Crippen LogP contribution >= 0.6 is 0 Å². The van der Waals surface area contributed by atoms with Crippen molar-refractivity contribution >= 4 is 5.91 Å². The molecule has 5 nitrogen and oxygen atoms in total. The summed E-state index contributed by atoms with van der Waals surface area (Å²) in [5.74, 6) is -0.795. The Labute approximate surface area is 144 Å². The molecule has 0 spiro atoms. The molecule has 1 amide bonds. The predicted octanol–water partition coefficient (Wildman–Crippen LogP) is 3.16. The lowest BCUT2D eigenvalue weighted by Gasteiger charge is -2.18. The molecule has 0 saturated heterocycles. The molecule has 0 fully saturated rings. The molecule has 0 unspecified atom stereocenters. The monoisotopic (exact) mass is 334 g/mol. The first-order valence-electron chi connectivity index (χ1n) is 7.62. The Balaban J connectivity index is 1.75. The van der Waals surface area contributed by atoms with E-state index in [4.69, 9.17) is 5.26 Å². The van der Waals surface area contributed by atoms with Crippen molar-refractivity contribution in [2.75, 3.05) is 7.05 Å². The standard InChI is InChI=1S/C19H15FN4O/c1-23(13-15-5-3-14(12-21)4-6-15)19(25)16-7-8-18(17(20)11-16)24-10-2-9-22-24/h2-11H,13H2,1H3. The first-order valence-corrected chi connectivity index (χ1v) is 7.62. The van der Waals surface area contributed by atoms with Crippen LogP contribution in [0.5, 0.6) is 0 Å². The second-order valence-corrected chi connectivity index (χ2v) is 5.59. The summed E-state index contributed by atoms with van der Waals surface area (Å²) in [7, 11) is 1.65. The molecule has 25 heavy (non-hydrogen) atoms. The van der Waals surface area contributed by atoms with E-state index >= 15 is 0 Å². The molecular formula is C19H15FN4O. The van der Waals surface area contributed by atoms with Crippen LogP contribution < -0.4 is 0 Å². The Morgan fingerprint density at radius 1 is 1.28 bits per heavy atom. The summed E-state index contributed by atoms with van der Waals surface area (Å²) in [4.78, 5) is 14.0. The minimum absolute atomic E-state index is 0.268. The molecule has 0 saturated carbocycles. The fourth-order valence-electron chi connectivity index (χ4n) is 2.49. The number of halogens is 1. The Morgan fingerprint density at radius 2 is 2.04 bits per heavy atom. The van der Waals surface area contributed by atoms with E-state index in [0.29, 0.717) is 12.1 Å². The third-order valence-electron chi connectivity index (χ3n) is 3.80. The fraction of sp³-hybridized carbons (Fsp3) is 0.105.